The van der Waals surface area contributed by atoms with Crippen molar-refractivity contribution in [2.75, 3.05) is 12.4 Å². The van der Waals surface area contributed by atoms with Gasteiger partial charge in [0.2, 0.25) is 0 Å². The Labute approximate surface area is 100 Å². The predicted octanol–water partition coefficient (Wildman–Crippen LogP) is 3.25. The van der Waals surface area contributed by atoms with Crippen LogP contribution >= 0.6 is 0 Å². The first-order valence-corrected chi connectivity index (χ1v) is 5.28. The molecular weight excluding hydrogens is 214 g/mol. The van der Waals surface area contributed by atoms with Gasteiger partial charge in [0.15, 0.2) is 0 Å². The molecule has 0 heterocycles. The number of aldehydes is 1. The normalized spacial score (nSPS) is 9.71. The minimum absolute atomic E-state index is 0.656. The monoisotopic (exact) mass is 227 g/mol. The fraction of sp³-hybridized carbons (Fsp3) is 0.0714. The van der Waals surface area contributed by atoms with E-state index in [0.29, 0.717) is 5.56 Å². The molecule has 0 aromatic heterocycles. The molecule has 0 amide bonds. The zero-order valence-electron chi connectivity index (χ0n) is 9.51. The van der Waals surface area contributed by atoms with Crippen molar-refractivity contribution in [3.63, 3.8) is 0 Å². The van der Waals surface area contributed by atoms with Crippen molar-refractivity contribution in [3.05, 3.63) is 54.1 Å². The second kappa shape index (κ2) is 5.16. The first-order valence-electron chi connectivity index (χ1n) is 5.28. The summed E-state index contributed by atoms with van der Waals surface area (Å²) < 4.78 is 5.08. The number of carbonyl (C=O) groups excluding carboxylic acids is 1. The number of methoxy groups -OCH3 is 1. The molecule has 0 radical (unpaired) electrons. The lowest BCUT2D eigenvalue weighted by Gasteiger charge is -2.07. The number of carbonyl (C=O) groups is 1. The lowest BCUT2D eigenvalue weighted by atomic mass is 10.2. The molecule has 0 aliphatic rings. The minimum atomic E-state index is 0.656. The highest BCUT2D eigenvalue weighted by Gasteiger charge is 1.97. The van der Waals surface area contributed by atoms with Gasteiger partial charge in [-0.15, -0.1) is 0 Å². The highest BCUT2D eigenvalue weighted by molar-refractivity contribution is 5.77. The summed E-state index contributed by atoms with van der Waals surface area (Å²) >= 11 is 0. The van der Waals surface area contributed by atoms with Gasteiger partial charge in [0.25, 0.3) is 0 Å². The Kier molecular flexibility index (Phi) is 3.40. The molecule has 86 valence electrons. The average Bonchev–Trinajstić information content (AvgIpc) is 2.40. The zero-order valence-corrected chi connectivity index (χ0v) is 9.51. The van der Waals surface area contributed by atoms with Crippen LogP contribution < -0.4 is 10.1 Å². The SMILES string of the molecule is COc1ccc(Nc2cccc(C=O)c2)cc1. The molecule has 0 saturated carbocycles. The molecule has 17 heavy (non-hydrogen) atoms. The summed E-state index contributed by atoms with van der Waals surface area (Å²) in [5, 5.41) is 3.22. The van der Waals surface area contributed by atoms with Gasteiger partial charge in [-0.05, 0) is 36.4 Å². The van der Waals surface area contributed by atoms with Crippen LogP contribution in [0, 0.1) is 0 Å². The number of rotatable bonds is 4. The highest BCUT2D eigenvalue weighted by atomic mass is 16.5. The molecule has 1 N–H and O–H groups in total. The summed E-state index contributed by atoms with van der Waals surface area (Å²) in [5.41, 5.74) is 2.50. The molecular formula is C14H13NO2. The Bertz CT molecular complexity index is 506. The van der Waals surface area contributed by atoms with Crippen LogP contribution in [0.2, 0.25) is 0 Å². The molecule has 0 aliphatic heterocycles. The lowest BCUT2D eigenvalue weighted by Crippen LogP contribution is -1.91. The minimum Gasteiger partial charge on any atom is -0.497 e. The maximum atomic E-state index is 10.7. The number of hydrogen-bond donors (Lipinski definition) is 1. The third kappa shape index (κ3) is 2.84. The van der Waals surface area contributed by atoms with E-state index in [2.05, 4.69) is 5.32 Å². The van der Waals surface area contributed by atoms with Crippen molar-refractivity contribution in [2.24, 2.45) is 0 Å². The van der Waals surface area contributed by atoms with Crippen LogP contribution in [0.25, 0.3) is 0 Å². The Morgan fingerprint density at radius 1 is 1.06 bits per heavy atom. The first kappa shape index (κ1) is 11.2. The van der Waals surface area contributed by atoms with E-state index in [1.807, 2.05) is 36.4 Å². The summed E-state index contributed by atoms with van der Waals surface area (Å²) in [6.07, 6.45) is 0.833. The van der Waals surface area contributed by atoms with Gasteiger partial charge in [0, 0.05) is 16.9 Å². The Morgan fingerprint density at radius 3 is 2.47 bits per heavy atom. The molecule has 0 aliphatic carbocycles. The van der Waals surface area contributed by atoms with Crippen molar-refractivity contribution in [2.45, 2.75) is 0 Å². The molecule has 2 aromatic carbocycles. The highest BCUT2D eigenvalue weighted by Crippen LogP contribution is 2.20. The molecule has 3 heteroatoms. The van der Waals surface area contributed by atoms with Gasteiger partial charge < -0.3 is 10.1 Å². The predicted molar refractivity (Wildman–Crippen MR) is 68.1 cm³/mol. The van der Waals surface area contributed by atoms with Gasteiger partial charge >= 0.3 is 0 Å². The van der Waals surface area contributed by atoms with Crippen LogP contribution in [0.15, 0.2) is 48.5 Å². The van der Waals surface area contributed by atoms with E-state index in [1.54, 1.807) is 19.2 Å². The van der Waals surface area contributed by atoms with Crippen molar-refractivity contribution in [1.29, 1.82) is 0 Å². The summed E-state index contributed by atoms with van der Waals surface area (Å²) in [5.74, 6) is 0.817. The van der Waals surface area contributed by atoms with Crippen LogP contribution in [0.3, 0.4) is 0 Å². The van der Waals surface area contributed by atoms with Gasteiger partial charge in [-0.2, -0.15) is 0 Å². The van der Waals surface area contributed by atoms with Gasteiger partial charge in [-0.1, -0.05) is 12.1 Å². The van der Waals surface area contributed by atoms with Gasteiger partial charge in [0.1, 0.15) is 12.0 Å². The third-order valence-electron chi connectivity index (χ3n) is 2.40. The van der Waals surface area contributed by atoms with E-state index < -0.39 is 0 Å². The number of anilines is 2. The van der Waals surface area contributed by atoms with E-state index in [9.17, 15) is 4.79 Å². The summed E-state index contributed by atoms with van der Waals surface area (Å²) in [7, 11) is 1.63. The number of hydrogen-bond acceptors (Lipinski definition) is 3. The van der Waals surface area contributed by atoms with Crippen LogP contribution in [0.5, 0.6) is 5.75 Å². The topological polar surface area (TPSA) is 38.3 Å². The first-order chi connectivity index (χ1) is 8.31. The van der Waals surface area contributed by atoms with E-state index in [-0.39, 0.29) is 0 Å². The van der Waals surface area contributed by atoms with Crippen LogP contribution in [0.4, 0.5) is 11.4 Å². The average molecular weight is 227 g/mol. The van der Waals surface area contributed by atoms with Gasteiger partial charge in [-0.25, -0.2) is 0 Å². The molecule has 0 bridgehead atoms. The summed E-state index contributed by atoms with van der Waals surface area (Å²) in [6, 6.07) is 14.9. The van der Waals surface area contributed by atoms with E-state index >= 15 is 0 Å². The van der Waals surface area contributed by atoms with Crippen molar-refractivity contribution >= 4 is 17.7 Å². The smallest absolute Gasteiger partial charge is 0.150 e. The quantitative estimate of drug-likeness (QED) is 0.815. The Hall–Kier alpha value is -2.29. The van der Waals surface area contributed by atoms with E-state index in [4.69, 9.17) is 4.74 Å². The molecule has 0 fully saturated rings. The van der Waals surface area contributed by atoms with Gasteiger partial charge in [0.05, 0.1) is 7.11 Å². The molecule has 0 saturated heterocycles. The summed E-state index contributed by atoms with van der Waals surface area (Å²) in [6.45, 7) is 0. The number of ether oxygens (including phenoxy) is 1. The second-order valence-electron chi connectivity index (χ2n) is 3.60. The standard InChI is InChI=1S/C14H13NO2/c1-17-14-7-5-12(6-8-14)15-13-4-2-3-11(9-13)10-16/h2-10,15H,1H3. The number of benzene rings is 2. The molecule has 2 aromatic rings. The molecule has 0 atom stereocenters. The van der Waals surface area contributed by atoms with Crippen molar-refractivity contribution in [3.8, 4) is 5.75 Å². The molecule has 2 rings (SSSR count). The van der Waals surface area contributed by atoms with Crippen molar-refractivity contribution < 1.29 is 9.53 Å². The molecule has 0 spiro atoms. The van der Waals surface area contributed by atoms with Crippen LogP contribution in [-0.4, -0.2) is 13.4 Å². The molecule has 3 nitrogen and oxygen atoms in total. The Balaban J connectivity index is 2.16. The third-order valence-corrected chi connectivity index (χ3v) is 2.40. The number of nitrogens with one attached hydrogen (secondary N) is 1. The van der Waals surface area contributed by atoms with Crippen molar-refractivity contribution in [1.82, 2.24) is 0 Å². The van der Waals surface area contributed by atoms with Crippen LogP contribution in [0.1, 0.15) is 10.4 Å². The second-order valence-corrected chi connectivity index (χ2v) is 3.60. The van der Waals surface area contributed by atoms with E-state index in [1.165, 1.54) is 0 Å². The van der Waals surface area contributed by atoms with Gasteiger partial charge in [-0.3, -0.25) is 4.79 Å². The van der Waals surface area contributed by atoms with E-state index in [0.717, 1.165) is 23.4 Å². The zero-order chi connectivity index (χ0) is 12.1. The fourth-order valence-electron chi connectivity index (χ4n) is 1.53. The fourth-order valence-corrected chi connectivity index (χ4v) is 1.53. The molecule has 0 unspecified atom stereocenters. The Morgan fingerprint density at radius 2 is 1.82 bits per heavy atom. The van der Waals surface area contributed by atoms with Crippen LogP contribution in [-0.2, 0) is 0 Å². The maximum absolute atomic E-state index is 10.7. The largest absolute Gasteiger partial charge is 0.497 e. The summed E-state index contributed by atoms with van der Waals surface area (Å²) in [4.78, 5) is 10.7. The maximum Gasteiger partial charge on any atom is 0.150 e. The lowest BCUT2D eigenvalue weighted by molar-refractivity contribution is 0.112.